The van der Waals surface area contributed by atoms with E-state index < -0.39 is 0 Å². The molecule has 24 heavy (non-hydrogen) atoms. The summed E-state index contributed by atoms with van der Waals surface area (Å²) < 4.78 is 16.0. The number of hydrogen-bond acceptors (Lipinski definition) is 6. The van der Waals surface area contributed by atoms with Gasteiger partial charge in [-0.1, -0.05) is 5.16 Å². The highest BCUT2D eigenvalue weighted by atomic mass is 16.5. The number of morpholine rings is 1. The number of rotatable bonds is 5. The maximum atomic E-state index is 12.3. The Morgan fingerprint density at radius 3 is 2.58 bits per heavy atom. The molecule has 1 aliphatic rings. The van der Waals surface area contributed by atoms with Crippen LogP contribution in [0.15, 0.2) is 34.9 Å². The average molecular weight is 330 g/mol. The second-order valence-corrected chi connectivity index (χ2v) is 5.45. The first kappa shape index (κ1) is 16.2. The molecule has 3 rings (SSSR count). The largest absolute Gasteiger partial charge is 0.486 e. The molecule has 2 heterocycles. The zero-order chi connectivity index (χ0) is 16.9. The molecular weight excluding hydrogens is 312 g/mol. The number of ether oxygens (including phenoxy) is 2. The second kappa shape index (κ2) is 7.27. The van der Waals surface area contributed by atoms with Crippen LogP contribution < -0.4 is 4.74 Å². The average Bonchev–Trinajstić information content (AvgIpc) is 3.09. The molecule has 0 unspecified atom stereocenters. The number of amides is 1. The predicted molar refractivity (Wildman–Crippen MR) is 84.0 cm³/mol. The van der Waals surface area contributed by atoms with Crippen LogP contribution in [0.5, 0.6) is 5.75 Å². The van der Waals surface area contributed by atoms with Crippen LogP contribution in [0, 0.1) is 0 Å². The minimum Gasteiger partial charge on any atom is -0.486 e. The van der Waals surface area contributed by atoms with E-state index in [0.717, 1.165) is 0 Å². The van der Waals surface area contributed by atoms with Crippen molar-refractivity contribution in [3.63, 3.8) is 0 Å². The van der Waals surface area contributed by atoms with E-state index in [4.69, 9.17) is 14.0 Å². The maximum Gasteiger partial charge on any atom is 0.276 e. The molecule has 0 saturated carbocycles. The van der Waals surface area contributed by atoms with E-state index in [1.54, 1.807) is 35.2 Å². The van der Waals surface area contributed by atoms with Crippen molar-refractivity contribution in [3.05, 3.63) is 47.3 Å². The molecule has 0 radical (unpaired) electrons. The Balaban J connectivity index is 1.57. The Hall–Kier alpha value is -2.67. The van der Waals surface area contributed by atoms with Gasteiger partial charge < -0.3 is 18.9 Å². The highest BCUT2D eigenvalue weighted by Gasteiger charge is 2.21. The van der Waals surface area contributed by atoms with Crippen LogP contribution in [-0.4, -0.2) is 48.1 Å². The Labute approximate surface area is 139 Å². The van der Waals surface area contributed by atoms with Gasteiger partial charge in [-0.2, -0.15) is 0 Å². The summed E-state index contributed by atoms with van der Waals surface area (Å²) in [5.41, 5.74) is 0.892. The van der Waals surface area contributed by atoms with E-state index in [2.05, 4.69) is 5.16 Å². The molecule has 2 aromatic rings. The molecule has 0 bridgehead atoms. The molecular formula is C17H18N2O5. The van der Waals surface area contributed by atoms with Gasteiger partial charge in [0.2, 0.25) is 0 Å². The van der Waals surface area contributed by atoms with Crippen molar-refractivity contribution < 1.29 is 23.6 Å². The molecule has 1 aliphatic heterocycles. The quantitative estimate of drug-likeness (QED) is 0.779. The minimum atomic E-state index is -0.167. The molecule has 0 atom stereocenters. The number of nitrogens with zero attached hydrogens (tertiary/aromatic N) is 2. The third-order valence-electron chi connectivity index (χ3n) is 3.72. The number of carbonyl (C=O) groups is 2. The van der Waals surface area contributed by atoms with E-state index in [9.17, 15) is 9.59 Å². The second-order valence-electron chi connectivity index (χ2n) is 5.45. The molecule has 1 aromatic heterocycles. The summed E-state index contributed by atoms with van der Waals surface area (Å²) in [4.78, 5) is 25.2. The van der Waals surface area contributed by atoms with Gasteiger partial charge in [0.15, 0.2) is 17.2 Å². The molecule has 0 N–H and O–H groups in total. The van der Waals surface area contributed by atoms with Gasteiger partial charge in [0.1, 0.15) is 12.4 Å². The number of benzene rings is 1. The van der Waals surface area contributed by atoms with Gasteiger partial charge in [0.05, 0.1) is 13.2 Å². The van der Waals surface area contributed by atoms with E-state index in [-0.39, 0.29) is 24.0 Å². The van der Waals surface area contributed by atoms with Crippen LogP contribution in [0.1, 0.15) is 33.5 Å². The van der Waals surface area contributed by atoms with Crippen LogP contribution in [0.4, 0.5) is 0 Å². The van der Waals surface area contributed by atoms with Gasteiger partial charge in [-0.25, -0.2) is 0 Å². The summed E-state index contributed by atoms with van der Waals surface area (Å²) in [5, 5.41) is 3.81. The first-order valence-corrected chi connectivity index (χ1v) is 7.70. The molecule has 1 amide bonds. The van der Waals surface area contributed by atoms with Crippen LogP contribution in [0.25, 0.3) is 0 Å². The van der Waals surface area contributed by atoms with Gasteiger partial charge in [0, 0.05) is 24.7 Å². The highest BCUT2D eigenvalue weighted by Crippen LogP contribution is 2.16. The van der Waals surface area contributed by atoms with Crippen molar-refractivity contribution in [1.82, 2.24) is 10.1 Å². The van der Waals surface area contributed by atoms with E-state index in [0.29, 0.717) is 43.4 Å². The summed E-state index contributed by atoms with van der Waals surface area (Å²) in [6, 6.07) is 8.42. The Bertz CT molecular complexity index is 717. The molecule has 1 saturated heterocycles. The zero-order valence-corrected chi connectivity index (χ0v) is 13.4. The lowest BCUT2D eigenvalue weighted by atomic mass is 10.1. The normalized spacial score (nSPS) is 14.5. The monoisotopic (exact) mass is 330 g/mol. The predicted octanol–water partition coefficient (Wildman–Crippen LogP) is 1.93. The lowest BCUT2D eigenvalue weighted by Crippen LogP contribution is -2.40. The number of Topliss-reactive ketones (excluding diaryl/α,β-unsaturated/α-hetero) is 1. The van der Waals surface area contributed by atoms with E-state index in [1.807, 2.05) is 0 Å². The first-order valence-electron chi connectivity index (χ1n) is 7.70. The van der Waals surface area contributed by atoms with Gasteiger partial charge in [-0.15, -0.1) is 0 Å². The number of ketones is 1. The Kier molecular flexibility index (Phi) is 4.90. The number of aromatic nitrogens is 1. The summed E-state index contributed by atoms with van der Waals surface area (Å²) in [5.74, 6) is 0.905. The molecule has 0 spiro atoms. The minimum absolute atomic E-state index is 0.00283. The standard InChI is InChI=1S/C17H18N2O5/c1-12(20)13-2-4-14(5-3-13)23-11-15-10-16(18-24-15)17(21)19-6-8-22-9-7-19/h2-5,10H,6-9,11H2,1H3. The molecule has 1 fully saturated rings. The van der Waals surface area contributed by atoms with Crippen molar-refractivity contribution in [3.8, 4) is 5.75 Å². The number of hydrogen-bond donors (Lipinski definition) is 0. The fourth-order valence-corrected chi connectivity index (χ4v) is 2.35. The van der Waals surface area contributed by atoms with Gasteiger partial charge in [0.25, 0.3) is 5.91 Å². The lowest BCUT2D eigenvalue weighted by molar-refractivity contribution is 0.0296. The zero-order valence-electron chi connectivity index (χ0n) is 13.4. The third kappa shape index (κ3) is 3.80. The van der Waals surface area contributed by atoms with Crippen LogP contribution >= 0.6 is 0 Å². The van der Waals surface area contributed by atoms with Crippen LogP contribution in [0.3, 0.4) is 0 Å². The highest BCUT2D eigenvalue weighted by molar-refractivity contribution is 5.94. The van der Waals surface area contributed by atoms with Crippen molar-refractivity contribution in [2.75, 3.05) is 26.3 Å². The molecule has 7 heteroatoms. The fraction of sp³-hybridized carbons (Fsp3) is 0.353. The van der Waals surface area contributed by atoms with Gasteiger partial charge >= 0.3 is 0 Å². The van der Waals surface area contributed by atoms with Gasteiger partial charge in [-0.05, 0) is 31.2 Å². The van der Waals surface area contributed by atoms with Crippen LogP contribution in [0.2, 0.25) is 0 Å². The lowest BCUT2D eigenvalue weighted by Gasteiger charge is -2.25. The molecule has 126 valence electrons. The summed E-state index contributed by atoms with van der Waals surface area (Å²) >= 11 is 0. The molecule has 0 aliphatic carbocycles. The fourth-order valence-electron chi connectivity index (χ4n) is 2.35. The maximum absolute atomic E-state index is 12.3. The van der Waals surface area contributed by atoms with Gasteiger partial charge in [-0.3, -0.25) is 9.59 Å². The van der Waals surface area contributed by atoms with Crippen LogP contribution in [-0.2, 0) is 11.3 Å². The van der Waals surface area contributed by atoms with E-state index in [1.165, 1.54) is 6.92 Å². The first-order chi connectivity index (χ1) is 11.6. The Morgan fingerprint density at radius 2 is 1.92 bits per heavy atom. The summed E-state index contributed by atoms with van der Waals surface area (Å²) in [7, 11) is 0. The summed E-state index contributed by atoms with van der Waals surface area (Å²) in [6.07, 6.45) is 0. The van der Waals surface area contributed by atoms with Crippen molar-refractivity contribution in [1.29, 1.82) is 0 Å². The summed E-state index contributed by atoms with van der Waals surface area (Å²) in [6.45, 7) is 3.85. The molecule has 1 aromatic carbocycles. The van der Waals surface area contributed by atoms with Crippen molar-refractivity contribution in [2.45, 2.75) is 13.5 Å². The topological polar surface area (TPSA) is 81.9 Å². The van der Waals surface area contributed by atoms with Crippen molar-refractivity contribution in [2.24, 2.45) is 0 Å². The van der Waals surface area contributed by atoms with Crippen molar-refractivity contribution >= 4 is 11.7 Å². The number of carbonyl (C=O) groups excluding carboxylic acids is 2. The van der Waals surface area contributed by atoms with E-state index >= 15 is 0 Å². The smallest absolute Gasteiger partial charge is 0.276 e. The Morgan fingerprint density at radius 1 is 1.21 bits per heavy atom. The SMILES string of the molecule is CC(=O)c1ccc(OCc2cc(C(=O)N3CCOCC3)no2)cc1. The molecule has 7 nitrogen and oxygen atoms in total. The third-order valence-corrected chi connectivity index (χ3v) is 3.72.